The number of likely N-dealkylation sites (N-methyl/N-ethyl adjacent to an activating group) is 1. The van der Waals surface area contributed by atoms with E-state index in [1.807, 2.05) is 6.92 Å². The van der Waals surface area contributed by atoms with Gasteiger partial charge < -0.3 is 15.5 Å². The van der Waals surface area contributed by atoms with Gasteiger partial charge in [0.15, 0.2) is 5.13 Å². The number of nitrogens with zero attached hydrogens (tertiary/aromatic N) is 3. The summed E-state index contributed by atoms with van der Waals surface area (Å²) in [6.45, 7) is 9.79. The lowest BCUT2D eigenvalue weighted by molar-refractivity contribution is 0.328. The number of rotatable bonds is 3. The van der Waals surface area contributed by atoms with E-state index in [1.54, 1.807) is 11.3 Å². The quantitative estimate of drug-likeness (QED) is 0.924. The second-order valence-corrected chi connectivity index (χ2v) is 6.62. The summed E-state index contributed by atoms with van der Waals surface area (Å²) in [6.07, 6.45) is 2.37. The molecule has 0 spiro atoms. The minimum atomic E-state index is 0.0842. The number of aromatic nitrogens is 1. The standard InChI is InChI=1S/C14H26N4S/c1-5-12-9-17(4)7-6-8-18(12)14-16-11(3)13(19-14)10(2)15/h10,12H,5-9,15H2,1-4H3. The second-order valence-electron chi connectivity index (χ2n) is 5.61. The summed E-state index contributed by atoms with van der Waals surface area (Å²) >= 11 is 1.78. The van der Waals surface area contributed by atoms with Crippen LogP contribution in [-0.4, -0.2) is 42.6 Å². The van der Waals surface area contributed by atoms with E-state index in [0.29, 0.717) is 6.04 Å². The Bertz CT molecular complexity index is 416. The van der Waals surface area contributed by atoms with E-state index in [0.717, 1.165) is 30.3 Å². The smallest absolute Gasteiger partial charge is 0.186 e. The summed E-state index contributed by atoms with van der Waals surface area (Å²) in [5, 5.41) is 1.16. The van der Waals surface area contributed by atoms with E-state index in [2.05, 4.69) is 30.7 Å². The Balaban J connectivity index is 2.25. The van der Waals surface area contributed by atoms with E-state index in [9.17, 15) is 0 Å². The Hall–Kier alpha value is -0.650. The maximum atomic E-state index is 6.02. The monoisotopic (exact) mass is 282 g/mol. The van der Waals surface area contributed by atoms with Crippen LogP contribution in [-0.2, 0) is 0 Å². The van der Waals surface area contributed by atoms with Gasteiger partial charge in [0.05, 0.1) is 5.69 Å². The van der Waals surface area contributed by atoms with Gasteiger partial charge in [0.1, 0.15) is 0 Å². The summed E-state index contributed by atoms with van der Waals surface area (Å²) in [5.74, 6) is 0. The molecule has 19 heavy (non-hydrogen) atoms. The highest BCUT2D eigenvalue weighted by atomic mass is 32.1. The van der Waals surface area contributed by atoms with Gasteiger partial charge in [0, 0.05) is 30.1 Å². The van der Waals surface area contributed by atoms with E-state index >= 15 is 0 Å². The Morgan fingerprint density at radius 2 is 2.21 bits per heavy atom. The molecule has 0 radical (unpaired) electrons. The third-order valence-electron chi connectivity index (χ3n) is 3.85. The fraction of sp³-hybridized carbons (Fsp3) is 0.786. The van der Waals surface area contributed by atoms with Crippen molar-refractivity contribution in [3.8, 4) is 0 Å². The van der Waals surface area contributed by atoms with Crippen LogP contribution in [0.3, 0.4) is 0 Å². The molecule has 1 aliphatic heterocycles. The van der Waals surface area contributed by atoms with E-state index in [1.165, 1.54) is 17.8 Å². The fourth-order valence-corrected chi connectivity index (χ4v) is 3.90. The largest absolute Gasteiger partial charge is 0.344 e. The molecule has 0 aliphatic carbocycles. The summed E-state index contributed by atoms with van der Waals surface area (Å²) in [5.41, 5.74) is 7.12. The van der Waals surface area contributed by atoms with Gasteiger partial charge in [0.2, 0.25) is 0 Å². The van der Waals surface area contributed by atoms with Crippen molar-refractivity contribution >= 4 is 16.5 Å². The van der Waals surface area contributed by atoms with Crippen molar-refractivity contribution in [2.75, 3.05) is 31.6 Å². The molecule has 4 nitrogen and oxygen atoms in total. The molecule has 0 aromatic carbocycles. The molecule has 2 rings (SSSR count). The Morgan fingerprint density at radius 3 is 2.79 bits per heavy atom. The van der Waals surface area contributed by atoms with Crippen LogP contribution in [0.4, 0.5) is 5.13 Å². The highest BCUT2D eigenvalue weighted by Crippen LogP contribution is 2.32. The molecule has 1 saturated heterocycles. The zero-order valence-corrected chi connectivity index (χ0v) is 13.3. The van der Waals surface area contributed by atoms with Gasteiger partial charge in [-0.2, -0.15) is 0 Å². The van der Waals surface area contributed by atoms with Crippen LogP contribution in [0.25, 0.3) is 0 Å². The van der Waals surface area contributed by atoms with Crippen LogP contribution in [0, 0.1) is 6.92 Å². The first-order chi connectivity index (χ1) is 9.02. The van der Waals surface area contributed by atoms with E-state index < -0.39 is 0 Å². The second kappa shape index (κ2) is 6.20. The minimum Gasteiger partial charge on any atom is -0.344 e. The van der Waals surface area contributed by atoms with Gasteiger partial charge in [-0.25, -0.2) is 4.98 Å². The molecule has 5 heteroatoms. The van der Waals surface area contributed by atoms with Gasteiger partial charge in [0.25, 0.3) is 0 Å². The predicted molar refractivity (Wildman–Crippen MR) is 83.0 cm³/mol. The molecular formula is C14H26N4S. The molecule has 2 unspecified atom stereocenters. The lowest BCUT2D eigenvalue weighted by Crippen LogP contribution is -2.39. The molecule has 1 fully saturated rings. The van der Waals surface area contributed by atoms with Crippen LogP contribution in [0.2, 0.25) is 0 Å². The van der Waals surface area contributed by atoms with Crippen molar-refractivity contribution in [2.24, 2.45) is 5.73 Å². The molecule has 1 aromatic heterocycles. The zero-order chi connectivity index (χ0) is 14.0. The Kier molecular flexibility index (Phi) is 4.81. The van der Waals surface area contributed by atoms with Gasteiger partial charge in [-0.05, 0) is 40.3 Å². The molecule has 0 bridgehead atoms. The third kappa shape index (κ3) is 3.27. The van der Waals surface area contributed by atoms with Gasteiger partial charge in [-0.1, -0.05) is 6.92 Å². The highest BCUT2D eigenvalue weighted by Gasteiger charge is 2.25. The average molecular weight is 282 g/mol. The molecular weight excluding hydrogens is 256 g/mol. The number of nitrogens with two attached hydrogens (primary N) is 1. The Labute approximate surface area is 120 Å². The maximum absolute atomic E-state index is 6.02. The van der Waals surface area contributed by atoms with Gasteiger partial charge in [-0.15, -0.1) is 11.3 Å². The van der Waals surface area contributed by atoms with Gasteiger partial charge >= 0.3 is 0 Å². The molecule has 0 saturated carbocycles. The van der Waals surface area contributed by atoms with Crippen molar-refractivity contribution in [3.05, 3.63) is 10.6 Å². The van der Waals surface area contributed by atoms with Crippen molar-refractivity contribution in [2.45, 2.75) is 45.7 Å². The van der Waals surface area contributed by atoms with Crippen molar-refractivity contribution < 1.29 is 0 Å². The molecule has 0 amide bonds. The average Bonchev–Trinajstić information content (AvgIpc) is 2.63. The number of hydrogen-bond acceptors (Lipinski definition) is 5. The number of thiazole rings is 1. The van der Waals surface area contributed by atoms with Crippen LogP contribution < -0.4 is 10.6 Å². The number of aryl methyl sites for hydroxylation is 1. The zero-order valence-electron chi connectivity index (χ0n) is 12.5. The van der Waals surface area contributed by atoms with Crippen molar-refractivity contribution in [3.63, 3.8) is 0 Å². The molecule has 2 N–H and O–H groups in total. The van der Waals surface area contributed by atoms with E-state index in [-0.39, 0.29) is 6.04 Å². The number of hydrogen-bond donors (Lipinski definition) is 1. The summed E-state index contributed by atoms with van der Waals surface area (Å²) in [4.78, 5) is 10.9. The first-order valence-corrected chi connectivity index (χ1v) is 8.02. The first-order valence-electron chi connectivity index (χ1n) is 7.21. The molecule has 2 atom stereocenters. The topological polar surface area (TPSA) is 45.4 Å². The normalized spacial score (nSPS) is 23.4. The summed E-state index contributed by atoms with van der Waals surface area (Å²) in [7, 11) is 2.21. The van der Waals surface area contributed by atoms with Crippen molar-refractivity contribution in [1.29, 1.82) is 0 Å². The summed E-state index contributed by atoms with van der Waals surface area (Å²) < 4.78 is 0. The van der Waals surface area contributed by atoms with Crippen LogP contribution in [0.1, 0.15) is 43.3 Å². The Morgan fingerprint density at radius 1 is 1.47 bits per heavy atom. The lowest BCUT2D eigenvalue weighted by atomic mass is 10.2. The number of anilines is 1. The van der Waals surface area contributed by atoms with Gasteiger partial charge in [-0.3, -0.25) is 0 Å². The van der Waals surface area contributed by atoms with Crippen molar-refractivity contribution in [1.82, 2.24) is 9.88 Å². The van der Waals surface area contributed by atoms with E-state index in [4.69, 9.17) is 10.7 Å². The van der Waals surface area contributed by atoms with Crippen LogP contribution >= 0.6 is 11.3 Å². The van der Waals surface area contributed by atoms with Crippen LogP contribution in [0.5, 0.6) is 0 Å². The third-order valence-corrected chi connectivity index (χ3v) is 5.25. The highest BCUT2D eigenvalue weighted by molar-refractivity contribution is 7.15. The molecule has 108 valence electrons. The van der Waals surface area contributed by atoms with Crippen LogP contribution in [0.15, 0.2) is 0 Å². The fourth-order valence-electron chi connectivity index (χ4n) is 2.78. The SMILES string of the molecule is CCC1CN(C)CCCN1c1nc(C)c(C(C)N)s1. The predicted octanol–water partition coefficient (Wildman–Crippen LogP) is 2.39. The minimum absolute atomic E-state index is 0.0842. The maximum Gasteiger partial charge on any atom is 0.186 e. The first kappa shape index (κ1) is 14.8. The summed E-state index contributed by atoms with van der Waals surface area (Å²) in [6, 6.07) is 0.653. The molecule has 1 aromatic rings. The lowest BCUT2D eigenvalue weighted by Gasteiger charge is -2.29. The molecule has 1 aliphatic rings. The molecule has 2 heterocycles.